The molecule has 1 N–H and O–H groups in total. The van der Waals surface area contributed by atoms with Crippen molar-refractivity contribution in [3.63, 3.8) is 0 Å². The quantitative estimate of drug-likeness (QED) is 0.926. The molecule has 1 aromatic carbocycles. The molecule has 1 heterocycles. The summed E-state index contributed by atoms with van der Waals surface area (Å²) in [5.41, 5.74) is 1.51. The van der Waals surface area contributed by atoms with Crippen LogP contribution in [0.4, 0.5) is 5.69 Å². The third-order valence-corrected chi connectivity index (χ3v) is 4.44. The van der Waals surface area contributed by atoms with Crippen molar-refractivity contribution in [2.75, 3.05) is 32.1 Å². The highest BCUT2D eigenvalue weighted by molar-refractivity contribution is 5.99. The Hall–Kier alpha value is -1.39. The van der Waals surface area contributed by atoms with Crippen LogP contribution >= 0.6 is 0 Å². The molecule has 4 heteroatoms. The molecule has 0 spiro atoms. The zero-order valence-electron chi connectivity index (χ0n) is 13.5. The number of carbonyl (C=O) groups is 1. The number of piperidine rings is 1. The first-order chi connectivity index (χ1) is 10.00. The molecule has 0 radical (unpaired) electrons. The summed E-state index contributed by atoms with van der Waals surface area (Å²) in [5.74, 6) is 0.540. The molecular weight excluding hydrogens is 264 g/mol. The molecule has 1 aliphatic heterocycles. The summed E-state index contributed by atoms with van der Waals surface area (Å²) in [6, 6.07) is 8.20. The van der Waals surface area contributed by atoms with E-state index in [0.29, 0.717) is 5.92 Å². The first-order valence-electron chi connectivity index (χ1n) is 7.64. The number of likely N-dealkylation sites (N-methyl/N-ethyl adjacent to an activating group) is 1. The number of nitrogens with one attached hydrogen (secondary N) is 1. The highest BCUT2D eigenvalue weighted by Gasteiger charge is 2.41. The summed E-state index contributed by atoms with van der Waals surface area (Å²) in [6.45, 7) is 5.97. The maximum absolute atomic E-state index is 12.8. The van der Waals surface area contributed by atoms with E-state index in [1.165, 1.54) is 5.56 Å². The Morgan fingerprint density at radius 1 is 1.24 bits per heavy atom. The summed E-state index contributed by atoms with van der Waals surface area (Å²) in [6.07, 6.45) is 1.44. The summed E-state index contributed by atoms with van der Waals surface area (Å²) in [5, 5.41) is 3.28. The van der Waals surface area contributed by atoms with Gasteiger partial charge in [0.25, 0.3) is 5.91 Å². The Morgan fingerprint density at radius 3 is 2.29 bits per heavy atom. The van der Waals surface area contributed by atoms with Gasteiger partial charge in [-0.05, 0) is 49.5 Å². The summed E-state index contributed by atoms with van der Waals surface area (Å²) in [7, 11) is 3.47. The van der Waals surface area contributed by atoms with Crippen LogP contribution in [0.1, 0.15) is 38.2 Å². The molecule has 1 aromatic rings. The van der Waals surface area contributed by atoms with Gasteiger partial charge in [0.05, 0.1) is 0 Å². The van der Waals surface area contributed by atoms with Gasteiger partial charge in [-0.1, -0.05) is 26.0 Å². The molecule has 1 aliphatic rings. The van der Waals surface area contributed by atoms with Crippen molar-refractivity contribution in [3.05, 3.63) is 29.8 Å². The van der Waals surface area contributed by atoms with Crippen LogP contribution in [-0.2, 0) is 9.53 Å². The normalized spacial score (nSPS) is 17.8. The lowest BCUT2D eigenvalue weighted by molar-refractivity contribution is -0.143. The molecule has 0 atom stereocenters. The van der Waals surface area contributed by atoms with Gasteiger partial charge < -0.3 is 15.0 Å². The summed E-state index contributed by atoms with van der Waals surface area (Å²) >= 11 is 0. The number of methoxy groups -OCH3 is 1. The largest absolute Gasteiger partial charge is 0.368 e. The molecule has 2 rings (SSSR count). The van der Waals surface area contributed by atoms with Crippen molar-refractivity contribution in [1.82, 2.24) is 5.32 Å². The van der Waals surface area contributed by atoms with Crippen LogP contribution in [0.15, 0.2) is 24.3 Å². The minimum absolute atomic E-state index is 0.0452. The summed E-state index contributed by atoms with van der Waals surface area (Å²) < 4.78 is 5.61. The van der Waals surface area contributed by atoms with Crippen molar-refractivity contribution in [1.29, 1.82) is 0 Å². The van der Waals surface area contributed by atoms with Crippen LogP contribution in [0, 0.1) is 0 Å². The van der Waals surface area contributed by atoms with E-state index in [0.717, 1.165) is 31.6 Å². The van der Waals surface area contributed by atoms with Gasteiger partial charge in [-0.15, -0.1) is 0 Å². The van der Waals surface area contributed by atoms with E-state index in [1.807, 2.05) is 19.2 Å². The van der Waals surface area contributed by atoms with Gasteiger partial charge in [-0.2, -0.15) is 0 Å². The zero-order valence-corrected chi connectivity index (χ0v) is 13.5. The second-order valence-electron chi connectivity index (χ2n) is 6.06. The number of rotatable bonds is 4. The van der Waals surface area contributed by atoms with Crippen LogP contribution < -0.4 is 10.2 Å². The molecule has 0 aliphatic carbocycles. The number of ether oxygens (including phenoxy) is 1. The monoisotopic (exact) mass is 290 g/mol. The minimum atomic E-state index is -0.684. The number of anilines is 1. The minimum Gasteiger partial charge on any atom is -0.368 e. The Balaban J connectivity index is 2.17. The highest BCUT2D eigenvalue weighted by Crippen LogP contribution is 2.28. The standard InChI is InChI=1S/C17H26N2O2/c1-13(2)14-5-7-15(8-6-14)19(3)16(20)17(21-4)9-11-18-12-10-17/h5-8,13,18H,9-12H2,1-4H3. The number of hydrogen-bond acceptors (Lipinski definition) is 3. The topological polar surface area (TPSA) is 41.6 Å². The van der Waals surface area contributed by atoms with Crippen LogP contribution in [-0.4, -0.2) is 38.8 Å². The molecule has 116 valence electrons. The number of carbonyl (C=O) groups excluding carboxylic acids is 1. The van der Waals surface area contributed by atoms with E-state index >= 15 is 0 Å². The molecule has 0 aromatic heterocycles. The molecule has 4 nitrogen and oxygen atoms in total. The van der Waals surface area contributed by atoms with Crippen LogP contribution in [0.25, 0.3) is 0 Å². The maximum Gasteiger partial charge on any atom is 0.259 e. The van der Waals surface area contributed by atoms with E-state index in [-0.39, 0.29) is 5.91 Å². The van der Waals surface area contributed by atoms with Crippen LogP contribution in [0.2, 0.25) is 0 Å². The fourth-order valence-electron chi connectivity index (χ4n) is 2.84. The number of amides is 1. The predicted molar refractivity (Wildman–Crippen MR) is 85.8 cm³/mol. The van der Waals surface area contributed by atoms with E-state index < -0.39 is 5.60 Å². The van der Waals surface area contributed by atoms with Gasteiger partial charge in [0.2, 0.25) is 0 Å². The van der Waals surface area contributed by atoms with Crippen LogP contribution in [0.3, 0.4) is 0 Å². The van der Waals surface area contributed by atoms with Crippen molar-refractivity contribution in [2.45, 2.75) is 38.2 Å². The fourth-order valence-corrected chi connectivity index (χ4v) is 2.84. The van der Waals surface area contributed by atoms with Gasteiger partial charge in [-0.3, -0.25) is 4.79 Å². The molecular formula is C17H26N2O2. The molecule has 0 unspecified atom stereocenters. The molecule has 1 saturated heterocycles. The smallest absolute Gasteiger partial charge is 0.259 e. The van der Waals surface area contributed by atoms with E-state index in [1.54, 1.807) is 12.0 Å². The Bertz CT molecular complexity index is 476. The van der Waals surface area contributed by atoms with Crippen molar-refractivity contribution < 1.29 is 9.53 Å². The number of benzene rings is 1. The molecule has 0 saturated carbocycles. The predicted octanol–water partition coefficient (Wildman–Crippen LogP) is 2.54. The molecule has 0 bridgehead atoms. The van der Waals surface area contributed by atoms with E-state index in [4.69, 9.17) is 4.74 Å². The maximum atomic E-state index is 12.8. The first kappa shape index (κ1) is 16.0. The fraction of sp³-hybridized carbons (Fsp3) is 0.588. The van der Waals surface area contributed by atoms with E-state index in [9.17, 15) is 4.79 Å². The Kier molecular flexibility index (Phi) is 5.01. The lowest BCUT2D eigenvalue weighted by Crippen LogP contribution is -2.54. The van der Waals surface area contributed by atoms with Gasteiger partial charge in [0.15, 0.2) is 0 Å². The Morgan fingerprint density at radius 2 is 1.81 bits per heavy atom. The number of nitrogens with zero attached hydrogens (tertiary/aromatic N) is 1. The molecule has 21 heavy (non-hydrogen) atoms. The first-order valence-corrected chi connectivity index (χ1v) is 7.64. The SMILES string of the molecule is COC1(C(=O)N(C)c2ccc(C(C)C)cc2)CCNCC1. The lowest BCUT2D eigenvalue weighted by atomic mass is 9.90. The van der Waals surface area contributed by atoms with Crippen molar-refractivity contribution in [3.8, 4) is 0 Å². The molecule has 1 fully saturated rings. The number of hydrogen-bond donors (Lipinski definition) is 1. The Labute approximate surface area is 127 Å². The highest BCUT2D eigenvalue weighted by atomic mass is 16.5. The van der Waals surface area contributed by atoms with Crippen molar-refractivity contribution >= 4 is 11.6 Å². The van der Waals surface area contributed by atoms with Gasteiger partial charge in [-0.25, -0.2) is 0 Å². The van der Waals surface area contributed by atoms with Crippen LogP contribution in [0.5, 0.6) is 0 Å². The van der Waals surface area contributed by atoms with Crippen molar-refractivity contribution in [2.24, 2.45) is 0 Å². The van der Waals surface area contributed by atoms with E-state index in [2.05, 4.69) is 31.3 Å². The summed E-state index contributed by atoms with van der Waals surface area (Å²) in [4.78, 5) is 14.6. The second-order valence-corrected chi connectivity index (χ2v) is 6.06. The van der Waals surface area contributed by atoms with Gasteiger partial charge in [0, 0.05) is 19.8 Å². The average molecular weight is 290 g/mol. The second kappa shape index (κ2) is 6.58. The average Bonchev–Trinajstić information content (AvgIpc) is 2.54. The molecule has 1 amide bonds. The third kappa shape index (κ3) is 3.27. The zero-order chi connectivity index (χ0) is 15.5. The van der Waals surface area contributed by atoms with Gasteiger partial charge in [0.1, 0.15) is 5.60 Å². The third-order valence-electron chi connectivity index (χ3n) is 4.44. The van der Waals surface area contributed by atoms with Gasteiger partial charge >= 0.3 is 0 Å². The lowest BCUT2D eigenvalue weighted by Gasteiger charge is -2.37.